The van der Waals surface area contributed by atoms with Gasteiger partial charge in [-0.2, -0.15) is 0 Å². The minimum Gasteiger partial charge on any atom is -0.382 e. The number of hydrogen-bond donors (Lipinski definition) is 1. The average molecular weight is 255 g/mol. The molecule has 0 radical (unpaired) electrons. The first-order chi connectivity index (χ1) is 6.02. The predicted octanol–water partition coefficient (Wildman–Crippen LogP) is 2.89. The number of alkyl halides is 2. The molecule has 0 amide bonds. The Balaban J connectivity index is 2.97. The number of aliphatic hydroxyl groups excluding tert-OH is 1. The van der Waals surface area contributed by atoms with Crippen molar-refractivity contribution in [2.24, 2.45) is 0 Å². The van der Waals surface area contributed by atoms with Crippen molar-refractivity contribution in [2.45, 2.75) is 12.5 Å². The van der Waals surface area contributed by atoms with Crippen molar-refractivity contribution in [1.29, 1.82) is 0 Å². The molecule has 1 unspecified atom stereocenters. The summed E-state index contributed by atoms with van der Waals surface area (Å²) in [6, 6.07) is 3.27. The number of hydrogen-bond acceptors (Lipinski definition) is 1. The summed E-state index contributed by atoms with van der Waals surface area (Å²) >= 11 is 2.83. The fraction of sp³-hybridized carbons (Fsp3) is 0.250. The molecule has 0 saturated heterocycles. The van der Waals surface area contributed by atoms with Crippen molar-refractivity contribution < 1.29 is 18.3 Å². The molecule has 72 valence electrons. The number of aliphatic hydroxyl groups is 1. The summed E-state index contributed by atoms with van der Waals surface area (Å²) in [7, 11) is 0. The summed E-state index contributed by atoms with van der Waals surface area (Å²) in [5, 5.41) is 8.92. The van der Waals surface area contributed by atoms with Crippen molar-refractivity contribution in [3.05, 3.63) is 34.1 Å². The van der Waals surface area contributed by atoms with Gasteiger partial charge in [-0.05, 0) is 33.6 Å². The third-order valence-electron chi connectivity index (χ3n) is 1.52. The summed E-state index contributed by atoms with van der Waals surface area (Å²) in [5.74, 6) is -0.551. The first kappa shape index (κ1) is 10.5. The van der Waals surface area contributed by atoms with Gasteiger partial charge in [-0.15, -0.1) is 0 Å². The van der Waals surface area contributed by atoms with Crippen LogP contribution in [0.25, 0.3) is 0 Å². The molecular formula is C8H6BrF3O. The van der Waals surface area contributed by atoms with E-state index >= 15 is 0 Å². The van der Waals surface area contributed by atoms with Gasteiger partial charge in [-0.3, -0.25) is 0 Å². The second kappa shape index (κ2) is 4.11. The van der Waals surface area contributed by atoms with Crippen LogP contribution < -0.4 is 0 Å². The Kier molecular flexibility index (Phi) is 3.33. The van der Waals surface area contributed by atoms with E-state index in [1.807, 2.05) is 0 Å². The number of rotatable bonds is 2. The standard InChI is InChI=1S/C8H6BrF3O/c9-5-3-4(1-2-6(5)10)7(13)8(11)12/h1-3,7-8,13H. The highest BCUT2D eigenvalue weighted by molar-refractivity contribution is 9.10. The third kappa shape index (κ3) is 2.45. The zero-order valence-electron chi connectivity index (χ0n) is 6.35. The highest BCUT2D eigenvalue weighted by Crippen LogP contribution is 2.24. The Morgan fingerprint density at radius 2 is 1.92 bits per heavy atom. The molecule has 1 aromatic carbocycles. The third-order valence-corrected chi connectivity index (χ3v) is 2.13. The van der Waals surface area contributed by atoms with Gasteiger partial charge in [-0.25, -0.2) is 13.2 Å². The van der Waals surface area contributed by atoms with Gasteiger partial charge < -0.3 is 5.11 Å². The van der Waals surface area contributed by atoms with Gasteiger partial charge >= 0.3 is 0 Å². The van der Waals surface area contributed by atoms with Gasteiger partial charge in [0.1, 0.15) is 11.9 Å². The Morgan fingerprint density at radius 3 is 2.38 bits per heavy atom. The van der Waals surface area contributed by atoms with Crippen molar-refractivity contribution >= 4 is 15.9 Å². The molecule has 1 nitrogen and oxygen atoms in total. The second-order valence-electron chi connectivity index (χ2n) is 2.45. The summed E-state index contributed by atoms with van der Waals surface area (Å²) < 4.78 is 36.7. The van der Waals surface area contributed by atoms with Crippen LogP contribution in [0.15, 0.2) is 22.7 Å². The largest absolute Gasteiger partial charge is 0.382 e. The summed E-state index contributed by atoms with van der Waals surface area (Å²) in [6.07, 6.45) is -4.73. The van der Waals surface area contributed by atoms with E-state index < -0.39 is 18.3 Å². The van der Waals surface area contributed by atoms with E-state index in [9.17, 15) is 13.2 Å². The number of halogens is 4. The van der Waals surface area contributed by atoms with Crippen LogP contribution in [0.2, 0.25) is 0 Å². The van der Waals surface area contributed by atoms with Crippen molar-refractivity contribution in [2.75, 3.05) is 0 Å². The summed E-state index contributed by atoms with van der Waals surface area (Å²) in [4.78, 5) is 0. The normalized spacial score (nSPS) is 13.4. The molecule has 0 fully saturated rings. The maximum absolute atomic E-state index is 12.6. The van der Waals surface area contributed by atoms with E-state index in [0.29, 0.717) is 0 Å². The Morgan fingerprint density at radius 1 is 1.31 bits per heavy atom. The molecule has 0 aliphatic carbocycles. The predicted molar refractivity (Wildman–Crippen MR) is 45.1 cm³/mol. The molecular weight excluding hydrogens is 249 g/mol. The fourth-order valence-corrected chi connectivity index (χ4v) is 1.24. The van der Waals surface area contributed by atoms with Crippen LogP contribution in [0, 0.1) is 5.82 Å². The smallest absolute Gasteiger partial charge is 0.268 e. The first-order valence-corrected chi connectivity index (χ1v) is 4.23. The molecule has 0 bridgehead atoms. The van der Waals surface area contributed by atoms with Crippen LogP contribution in [0.3, 0.4) is 0 Å². The second-order valence-corrected chi connectivity index (χ2v) is 3.31. The maximum atomic E-state index is 12.6. The van der Waals surface area contributed by atoms with Gasteiger partial charge in [0.05, 0.1) is 4.47 Å². The van der Waals surface area contributed by atoms with Gasteiger partial charge in [0.2, 0.25) is 0 Å². The van der Waals surface area contributed by atoms with Crippen LogP contribution in [0.1, 0.15) is 11.7 Å². The molecule has 0 spiro atoms. The zero-order chi connectivity index (χ0) is 10.0. The van der Waals surface area contributed by atoms with E-state index in [-0.39, 0.29) is 10.0 Å². The van der Waals surface area contributed by atoms with Crippen LogP contribution >= 0.6 is 15.9 Å². The maximum Gasteiger partial charge on any atom is 0.268 e. The summed E-state index contributed by atoms with van der Waals surface area (Å²) in [6.45, 7) is 0. The van der Waals surface area contributed by atoms with Crippen molar-refractivity contribution in [3.8, 4) is 0 Å². The van der Waals surface area contributed by atoms with Crippen molar-refractivity contribution in [1.82, 2.24) is 0 Å². The van der Waals surface area contributed by atoms with E-state index in [2.05, 4.69) is 15.9 Å². The Hall–Kier alpha value is -0.550. The fourth-order valence-electron chi connectivity index (χ4n) is 0.842. The minimum absolute atomic E-state index is 0.0109. The number of benzene rings is 1. The van der Waals surface area contributed by atoms with Crippen LogP contribution in [0.5, 0.6) is 0 Å². The lowest BCUT2D eigenvalue weighted by Gasteiger charge is -2.09. The molecule has 1 rings (SSSR count). The van der Waals surface area contributed by atoms with Gasteiger partial charge in [0, 0.05) is 0 Å². The molecule has 0 aromatic heterocycles. The quantitative estimate of drug-likeness (QED) is 0.861. The van der Waals surface area contributed by atoms with Crippen molar-refractivity contribution in [3.63, 3.8) is 0 Å². The van der Waals surface area contributed by atoms with Gasteiger partial charge in [-0.1, -0.05) is 6.07 Å². The zero-order valence-corrected chi connectivity index (χ0v) is 7.93. The summed E-state index contributed by atoms with van der Waals surface area (Å²) in [5.41, 5.74) is -0.0109. The molecule has 0 saturated carbocycles. The monoisotopic (exact) mass is 254 g/mol. The lowest BCUT2D eigenvalue weighted by molar-refractivity contribution is -0.00584. The van der Waals surface area contributed by atoms with E-state index in [1.165, 1.54) is 0 Å². The van der Waals surface area contributed by atoms with E-state index in [4.69, 9.17) is 5.11 Å². The van der Waals surface area contributed by atoms with Gasteiger partial charge in [0.15, 0.2) is 0 Å². The Labute approximate surface area is 81.3 Å². The highest BCUT2D eigenvalue weighted by atomic mass is 79.9. The van der Waals surface area contributed by atoms with Crippen LogP contribution in [-0.4, -0.2) is 11.5 Å². The first-order valence-electron chi connectivity index (χ1n) is 3.43. The molecule has 0 aliphatic rings. The molecule has 13 heavy (non-hydrogen) atoms. The lowest BCUT2D eigenvalue weighted by atomic mass is 10.1. The van der Waals surface area contributed by atoms with Crippen LogP contribution in [0.4, 0.5) is 13.2 Å². The molecule has 1 aromatic rings. The highest BCUT2D eigenvalue weighted by Gasteiger charge is 2.19. The molecule has 5 heteroatoms. The lowest BCUT2D eigenvalue weighted by Crippen LogP contribution is -2.07. The molecule has 0 heterocycles. The van der Waals surface area contributed by atoms with Gasteiger partial charge in [0.25, 0.3) is 6.43 Å². The van der Waals surface area contributed by atoms with E-state index in [0.717, 1.165) is 18.2 Å². The topological polar surface area (TPSA) is 20.2 Å². The van der Waals surface area contributed by atoms with E-state index in [1.54, 1.807) is 0 Å². The SMILES string of the molecule is OC(c1ccc(F)c(Br)c1)C(F)F. The van der Waals surface area contributed by atoms with Crippen LogP contribution in [-0.2, 0) is 0 Å². The Bertz CT molecular complexity index is 303. The molecule has 0 aliphatic heterocycles. The minimum atomic E-state index is -2.86. The average Bonchev–Trinajstić information content (AvgIpc) is 2.08. The molecule has 1 N–H and O–H groups in total. The molecule has 1 atom stereocenters.